The first-order valence-corrected chi connectivity index (χ1v) is 7.87. The molecule has 108 valence electrons. The molecule has 1 amide bonds. The van der Waals surface area contributed by atoms with E-state index in [0.29, 0.717) is 12.0 Å². The molecule has 1 aliphatic heterocycles. The lowest BCUT2D eigenvalue weighted by molar-refractivity contribution is -0.114. The highest BCUT2D eigenvalue weighted by Crippen LogP contribution is 2.24. The Labute approximate surface area is 124 Å². The van der Waals surface area contributed by atoms with E-state index in [1.807, 2.05) is 24.3 Å². The van der Waals surface area contributed by atoms with Crippen LogP contribution in [0.4, 0.5) is 11.4 Å². The third-order valence-corrected chi connectivity index (χ3v) is 3.94. The summed E-state index contributed by atoms with van der Waals surface area (Å²) in [5, 5.41) is 7.07. The first-order chi connectivity index (χ1) is 9.52. The normalized spacial score (nSPS) is 18.0. The summed E-state index contributed by atoms with van der Waals surface area (Å²) in [7, 11) is 0. The zero-order valence-corrected chi connectivity index (χ0v) is 13.0. The fraction of sp³-hybridized carbons (Fsp3) is 0.467. The lowest BCUT2D eigenvalue weighted by Crippen LogP contribution is -2.08. The first kappa shape index (κ1) is 14.9. The second-order valence-corrected chi connectivity index (χ2v) is 6.42. The Balaban J connectivity index is 1.92. The molecule has 0 saturated heterocycles. The van der Waals surface area contributed by atoms with Crippen LogP contribution < -0.4 is 10.6 Å². The Kier molecular flexibility index (Phi) is 5.06. The molecule has 1 atom stereocenters. The number of carbonyl (C=O) groups is 1. The van der Waals surface area contributed by atoms with Crippen LogP contribution in [0.1, 0.15) is 27.2 Å². The van der Waals surface area contributed by atoms with E-state index in [0.717, 1.165) is 28.7 Å². The number of hydrogen-bond acceptors (Lipinski definition) is 4. The van der Waals surface area contributed by atoms with Gasteiger partial charge in [-0.15, -0.1) is 0 Å². The molecule has 4 nitrogen and oxygen atoms in total. The fourth-order valence-electron chi connectivity index (χ4n) is 2.11. The molecule has 20 heavy (non-hydrogen) atoms. The summed E-state index contributed by atoms with van der Waals surface area (Å²) < 4.78 is 0. The summed E-state index contributed by atoms with van der Waals surface area (Å²) in [6.07, 6.45) is 1.14. The maximum absolute atomic E-state index is 11.0. The quantitative estimate of drug-likeness (QED) is 0.891. The number of rotatable bonds is 4. The molecular formula is C15H21N3OS. The largest absolute Gasteiger partial charge is 0.335 e. The van der Waals surface area contributed by atoms with Crippen molar-refractivity contribution in [3.05, 3.63) is 24.3 Å². The van der Waals surface area contributed by atoms with Crippen LogP contribution in [0.15, 0.2) is 29.3 Å². The minimum atomic E-state index is -0.0574. The zero-order chi connectivity index (χ0) is 14.5. The van der Waals surface area contributed by atoms with Crippen LogP contribution >= 0.6 is 11.8 Å². The Morgan fingerprint density at radius 2 is 2.00 bits per heavy atom. The molecule has 0 fully saturated rings. The standard InChI is InChI=1S/C15H21N3OS/c1-10(2)8-14-9-20-15(18-14)17-13-6-4-12(5-7-13)16-11(3)19/h4-7,10,14H,8-9H2,1-3H3,(H,16,19)(H,17,18). The summed E-state index contributed by atoms with van der Waals surface area (Å²) in [5.74, 6) is 1.68. The van der Waals surface area contributed by atoms with Gasteiger partial charge in [0.05, 0.1) is 6.04 Å². The monoisotopic (exact) mass is 291 g/mol. The van der Waals surface area contributed by atoms with Crippen molar-refractivity contribution in [1.82, 2.24) is 0 Å². The third-order valence-electron chi connectivity index (χ3n) is 2.91. The minimum Gasteiger partial charge on any atom is -0.335 e. The molecule has 0 aliphatic carbocycles. The Morgan fingerprint density at radius 3 is 2.60 bits per heavy atom. The highest BCUT2D eigenvalue weighted by molar-refractivity contribution is 8.14. The molecular weight excluding hydrogens is 270 g/mol. The molecule has 1 aromatic carbocycles. The first-order valence-electron chi connectivity index (χ1n) is 6.88. The number of thioether (sulfide) groups is 1. The summed E-state index contributed by atoms with van der Waals surface area (Å²) in [4.78, 5) is 15.6. The predicted octanol–water partition coefficient (Wildman–Crippen LogP) is 3.57. The number of hydrogen-bond donors (Lipinski definition) is 2. The van der Waals surface area contributed by atoms with Gasteiger partial charge in [-0.25, -0.2) is 0 Å². The van der Waals surface area contributed by atoms with Gasteiger partial charge in [-0.2, -0.15) is 0 Å². The van der Waals surface area contributed by atoms with Crippen LogP contribution in [0.5, 0.6) is 0 Å². The number of benzene rings is 1. The second-order valence-electron chi connectivity index (χ2n) is 5.41. The Morgan fingerprint density at radius 1 is 1.35 bits per heavy atom. The SMILES string of the molecule is CC(=O)Nc1ccc(NC2=NC(CC(C)C)CS2)cc1. The summed E-state index contributed by atoms with van der Waals surface area (Å²) in [6.45, 7) is 5.96. The minimum absolute atomic E-state index is 0.0574. The van der Waals surface area contributed by atoms with Crippen LogP contribution in [0, 0.1) is 5.92 Å². The number of carbonyl (C=O) groups excluding carboxylic acids is 1. The molecule has 5 heteroatoms. The molecule has 2 N–H and O–H groups in total. The highest BCUT2D eigenvalue weighted by atomic mass is 32.2. The van der Waals surface area contributed by atoms with Gasteiger partial charge in [-0.3, -0.25) is 9.79 Å². The van der Waals surface area contributed by atoms with E-state index < -0.39 is 0 Å². The van der Waals surface area contributed by atoms with Gasteiger partial charge in [0.2, 0.25) is 5.91 Å². The number of nitrogens with zero attached hydrogens (tertiary/aromatic N) is 1. The molecule has 0 spiro atoms. The van der Waals surface area contributed by atoms with Crippen LogP contribution in [0.2, 0.25) is 0 Å². The van der Waals surface area contributed by atoms with Gasteiger partial charge in [0.1, 0.15) is 0 Å². The van der Waals surface area contributed by atoms with Gasteiger partial charge in [-0.05, 0) is 36.6 Å². The van der Waals surface area contributed by atoms with Crippen molar-refractivity contribution in [1.29, 1.82) is 0 Å². The topological polar surface area (TPSA) is 53.5 Å². The van der Waals surface area contributed by atoms with Crippen molar-refractivity contribution in [2.75, 3.05) is 16.4 Å². The predicted molar refractivity (Wildman–Crippen MR) is 87.5 cm³/mol. The number of aliphatic imine (C=N–C) groups is 1. The van der Waals surface area contributed by atoms with Crippen LogP contribution in [0.25, 0.3) is 0 Å². The summed E-state index contributed by atoms with van der Waals surface area (Å²) in [5.41, 5.74) is 1.80. The van der Waals surface area contributed by atoms with Gasteiger partial charge in [0.15, 0.2) is 5.17 Å². The van der Waals surface area contributed by atoms with E-state index in [9.17, 15) is 4.79 Å². The Hall–Kier alpha value is -1.49. The maximum atomic E-state index is 11.0. The van der Waals surface area contributed by atoms with E-state index >= 15 is 0 Å². The summed E-state index contributed by atoms with van der Waals surface area (Å²) >= 11 is 1.77. The van der Waals surface area contributed by atoms with Crippen molar-refractivity contribution in [2.45, 2.75) is 33.2 Å². The molecule has 0 saturated carbocycles. The van der Waals surface area contributed by atoms with Gasteiger partial charge in [0.25, 0.3) is 0 Å². The highest BCUT2D eigenvalue weighted by Gasteiger charge is 2.19. The average Bonchev–Trinajstić information content (AvgIpc) is 2.77. The smallest absolute Gasteiger partial charge is 0.221 e. The van der Waals surface area contributed by atoms with Crippen LogP contribution in [0.3, 0.4) is 0 Å². The van der Waals surface area contributed by atoms with Crippen molar-refractivity contribution in [2.24, 2.45) is 10.9 Å². The average molecular weight is 291 g/mol. The number of amides is 1. The zero-order valence-electron chi connectivity index (χ0n) is 12.1. The van der Waals surface area contributed by atoms with Crippen LogP contribution in [-0.2, 0) is 4.79 Å². The third kappa shape index (κ3) is 4.56. The fourth-order valence-corrected chi connectivity index (χ4v) is 3.09. The molecule has 0 radical (unpaired) electrons. The maximum Gasteiger partial charge on any atom is 0.221 e. The van der Waals surface area contributed by atoms with Crippen molar-refractivity contribution >= 4 is 34.2 Å². The van der Waals surface area contributed by atoms with Crippen molar-refractivity contribution in [3.63, 3.8) is 0 Å². The van der Waals surface area contributed by atoms with Crippen molar-refractivity contribution < 1.29 is 4.79 Å². The van der Waals surface area contributed by atoms with E-state index in [1.165, 1.54) is 6.92 Å². The van der Waals surface area contributed by atoms with Crippen molar-refractivity contribution in [3.8, 4) is 0 Å². The Bertz CT molecular complexity index is 496. The number of nitrogens with one attached hydrogen (secondary N) is 2. The molecule has 1 aromatic rings. The molecule has 0 aromatic heterocycles. The number of amidine groups is 1. The molecule has 1 heterocycles. The van der Waals surface area contributed by atoms with E-state index in [1.54, 1.807) is 11.8 Å². The molecule has 1 unspecified atom stereocenters. The molecule has 1 aliphatic rings. The van der Waals surface area contributed by atoms with Crippen LogP contribution in [-0.4, -0.2) is 22.9 Å². The van der Waals surface area contributed by atoms with E-state index in [4.69, 9.17) is 4.99 Å². The molecule has 0 bridgehead atoms. The second kappa shape index (κ2) is 6.79. The lowest BCUT2D eigenvalue weighted by Gasteiger charge is -2.08. The number of anilines is 2. The van der Waals surface area contributed by atoms with Gasteiger partial charge in [0, 0.05) is 24.1 Å². The summed E-state index contributed by atoms with van der Waals surface area (Å²) in [6, 6.07) is 8.10. The van der Waals surface area contributed by atoms with Gasteiger partial charge < -0.3 is 10.6 Å². The van der Waals surface area contributed by atoms with E-state index in [2.05, 4.69) is 24.5 Å². The lowest BCUT2D eigenvalue weighted by atomic mass is 10.1. The molecule has 2 rings (SSSR count). The van der Waals surface area contributed by atoms with Gasteiger partial charge >= 0.3 is 0 Å². The van der Waals surface area contributed by atoms with Gasteiger partial charge in [-0.1, -0.05) is 25.6 Å². The van der Waals surface area contributed by atoms with E-state index in [-0.39, 0.29) is 5.91 Å².